The van der Waals surface area contributed by atoms with E-state index in [9.17, 15) is 9.90 Å². The molecular formula is C17H16Cl2N2O3. The predicted octanol–water partition coefficient (Wildman–Crippen LogP) is 4.01. The maximum atomic E-state index is 11.9. The second kappa shape index (κ2) is 8.57. The van der Waals surface area contributed by atoms with Crippen LogP contribution in [0.1, 0.15) is 18.9 Å². The van der Waals surface area contributed by atoms with Gasteiger partial charge in [0.05, 0.1) is 10.7 Å². The standard InChI is InChI=1S/C17H16Cl2N2O3/c1-2-14(12-5-3-4-6-15(12)22)20-21-17(23)10-24-16-8-7-11(18)9-13(16)19/h3-9,22H,2,10H2,1H3,(H,21,23)/b20-14+. The molecule has 2 N–H and O–H groups in total. The van der Waals surface area contributed by atoms with Crippen molar-refractivity contribution < 1.29 is 14.6 Å². The molecule has 0 spiro atoms. The second-order valence-corrected chi connectivity index (χ2v) is 5.67. The first-order chi connectivity index (χ1) is 11.5. The number of para-hydroxylation sites is 1. The van der Waals surface area contributed by atoms with Crippen molar-refractivity contribution in [3.05, 3.63) is 58.1 Å². The molecule has 0 fully saturated rings. The van der Waals surface area contributed by atoms with Crippen molar-refractivity contribution in [3.63, 3.8) is 0 Å². The fourth-order valence-electron chi connectivity index (χ4n) is 1.95. The number of phenols is 1. The lowest BCUT2D eigenvalue weighted by molar-refractivity contribution is -0.123. The van der Waals surface area contributed by atoms with Gasteiger partial charge in [0.25, 0.3) is 5.91 Å². The quantitative estimate of drug-likeness (QED) is 0.599. The number of halogens is 2. The van der Waals surface area contributed by atoms with Crippen LogP contribution in [0, 0.1) is 0 Å². The van der Waals surface area contributed by atoms with Gasteiger partial charge in [0, 0.05) is 10.6 Å². The first-order valence-corrected chi connectivity index (χ1v) is 7.98. The van der Waals surface area contributed by atoms with Crippen molar-refractivity contribution in [2.75, 3.05) is 6.61 Å². The number of nitrogens with one attached hydrogen (secondary N) is 1. The summed E-state index contributed by atoms with van der Waals surface area (Å²) in [5.41, 5.74) is 3.54. The lowest BCUT2D eigenvalue weighted by Crippen LogP contribution is -2.26. The van der Waals surface area contributed by atoms with E-state index in [-0.39, 0.29) is 12.4 Å². The largest absolute Gasteiger partial charge is 0.507 e. The van der Waals surface area contributed by atoms with Gasteiger partial charge in [-0.1, -0.05) is 42.3 Å². The third-order valence-electron chi connectivity index (χ3n) is 3.12. The van der Waals surface area contributed by atoms with E-state index in [4.69, 9.17) is 27.9 Å². The number of rotatable bonds is 6. The summed E-state index contributed by atoms with van der Waals surface area (Å²) in [5, 5.41) is 14.7. The lowest BCUT2D eigenvalue weighted by Gasteiger charge is -2.09. The molecule has 0 radical (unpaired) electrons. The van der Waals surface area contributed by atoms with E-state index in [1.807, 2.05) is 6.92 Å². The topological polar surface area (TPSA) is 70.9 Å². The van der Waals surface area contributed by atoms with Crippen LogP contribution in [0.2, 0.25) is 10.0 Å². The molecule has 1 amide bonds. The van der Waals surface area contributed by atoms with Crippen LogP contribution >= 0.6 is 23.2 Å². The van der Waals surface area contributed by atoms with E-state index in [0.717, 1.165) is 0 Å². The van der Waals surface area contributed by atoms with Gasteiger partial charge in [-0.3, -0.25) is 4.79 Å². The highest BCUT2D eigenvalue weighted by Crippen LogP contribution is 2.27. The number of phenolic OH excluding ortho intramolecular Hbond substituents is 1. The highest BCUT2D eigenvalue weighted by molar-refractivity contribution is 6.35. The van der Waals surface area contributed by atoms with Gasteiger partial charge in [-0.05, 0) is 36.8 Å². The Balaban J connectivity index is 1.97. The minimum atomic E-state index is -0.442. The van der Waals surface area contributed by atoms with E-state index in [2.05, 4.69) is 10.5 Å². The molecule has 0 saturated carbocycles. The number of ether oxygens (including phenoxy) is 1. The van der Waals surface area contributed by atoms with Gasteiger partial charge >= 0.3 is 0 Å². The van der Waals surface area contributed by atoms with E-state index in [1.54, 1.807) is 36.4 Å². The SMILES string of the molecule is CC/C(=N\NC(=O)COc1ccc(Cl)cc1Cl)c1ccccc1O. The lowest BCUT2D eigenvalue weighted by atomic mass is 10.1. The molecule has 0 aromatic heterocycles. The average molecular weight is 367 g/mol. The van der Waals surface area contributed by atoms with Crippen molar-refractivity contribution in [2.24, 2.45) is 5.10 Å². The molecule has 0 bridgehead atoms. The summed E-state index contributed by atoms with van der Waals surface area (Å²) < 4.78 is 5.33. The fourth-order valence-corrected chi connectivity index (χ4v) is 2.41. The third-order valence-corrected chi connectivity index (χ3v) is 3.65. The van der Waals surface area contributed by atoms with Crippen molar-refractivity contribution in [1.82, 2.24) is 5.43 Å². The Labute approximate surface area is 149 Å². The summed E-state index contributed by atoms with van der Waals surface area (Å²) in [7, 11) is 0. The van der Waals surface area contributed by atoms with Gasteiger partial charge in [0.1, 0.15) is 11.5 Å². The van der Waals surface area contributed by atoms with Crippen LogP contribution in [0.15, 0.2) is 47.6 Å². The summed E-state index contributed by atoms with van der Waals surface area (Å²) in [6.07, 6.45) is 0.543. The van der Waals surface area contributed by atoms with Crippen molar-refractivity contribution in [1.29, 1.82) is 0 Å². The Morgan fingerprint density at radius 2 is 2.00 bits per heavy atom. The molecule has 2 rings (SSSR count). The molecule has 24 heavy (non-hydrogen) atoms. The summed E-state index contributed by atoms with van der Waals surface area (Å²) in [4.78, 5) is 11.9. The summed E-state index contributed by atoms with van der Waals surface area (Å²) in [5.74, 6) is 0.0237. The minimum absolute atomic E-state index is 0.108. The van der Waals surface area contributed by atoms with Crippen LogP contribution in [0.4, 0.5) is 0 Å². The van der Waals surface area contributed by atoms with Crippen LogP contribution in [0.3, 0.4) is 0 Å². The molecule has 2 aromatic rings. The fraction of sp³-hybridized carbons (Fsp3) is 0.176. The van der Waals surface area contributed by atoms with Gasteiger partial charge in [0.2, 0.25) is 0 Å². The maximum Gasteiger partial charge on any atom is 0.277 e. The number of amides is 1. The van der Waals surface area contributed by atoms with Crippen molar-refractivity contribution in [2.45, 2.75) is 13.3 Å². The van der Waals surface area contributed by atoms with Gasteiger partial charge in [0.15, 0.2) is 6.61 Å². The van der Waals surface area contributed by atoms with Crippen molar-refractivity contribution >= 4 is 34.8 Å². The Kier molecular flexibility index (Phi) is 6.46. The first-order valence-electron chi connectivity index (χ1n) is 7.23. The molecule has 7 heteroatoms. The molecular weight excluding hydrogens is 351 g/mol. The third kappa shape index (κ3) is 4.88. The van der Waals surface area contributed by atoms with Gasteiger partial charge in [-0.25, -0.2) is 5.43 Å². The van der Waals surface area contributed by atoms with Crippen LogP contribution in [0.5, 0.6) is 11.5 Å². The molecule has 0 heterocycles. The number of aromatic hydroxyl groups is 1. The highest BCUT2D eigenvalue weighted by atomic mass is 35.5. The Morgan fingerprint density at radius 1 is 1.25 bits per heavy atom. The smallest absolute Gasteiger partial charge is 0.277 e. The number of hydrogen-bond acceptors (Lipinski definition) is 4. The summed E-state index contributed by atoms with van der Waals surface area (Å²) >= 11 is 11.8. The number of hydrazone groups is 1. The minimum Gasteiger partial charge on any atom is -0.507 e. The zero-order valence-electron chi connectivity index (χ0n) is 12.9. The molecule has 0 atom stereocenters. The summed E-state index contributed by atoms with van der Waals surface area (Å²) in [6, 6.07) is 11.5. The molecule has 0 unspecified atom stereocenters. The normalized spacial score (nSPS) is 11.2. The predicted molar refractivity (Wildman–Crippen MR) is 95.0 cm³/mol. The van der Waals surface area contributed by atoms with Crippen LogP contribution in [-0.2, 0) is 4.79 Å². The molecule has 5 nitrogen and oxygen atoms in total. The summed E-state index contributed by atoms with van der Waals surface area (Å²) in [6.45, 7) is 1.63. The molecule has 0 aliphatic heterocycles. The van der Waals surface area contributed by atoms with Crippen molar-refractivity contribution in [3.8, 4) is 11.5 Å². The van der Waals surface area contributed by atoms with Crippen LogP contribution in [-0.4, -0.2) is 23.3 Å². The Bertz CT molecular complexity index is 763. The Hall–Kier alpha value is -2.24. The maximum absolute atomic E-state index is 11.9. The van der Waals surface area contributed by atoms with Gasteiger partial charge in [-0.15, -0.1) is 0 Å². The number of carbonyl (C=O) groups excluding carboxylic acids is 1. The average Bonchev–Trinajstić information content (AvgIpc) is 2.56. The van der Waals surface area contributed by atoms with E-state index < -0.39 is 5.91 Å². The first kappa shape index (κ1) is 18.1. The van der Waals surface area contributed by atoms with E-state index in [1.165, 1.54) is 6.07 Å². The zero-order chi connectivity index (χ0) is 17.5. The zero-order valence-corrected chi connectivity index (χ0v) is 14.4. The number of benzene rings is 2. The van der Waals surface area contributed by atoms with Gasteiger partial charge in [-0.2, -0.15) is 5.10 Å². The van der Waals surface area contributed by atoms with Crippen LogP contribution in [0.25, 0.3) is 0 Å². The van der Waals surface area contributed by atoms with Gasteiger partial charge < -0.3 is 9.84 Å². The molecule has 2 aromatic carbocycles. The monoisotopic (exact) mass is 366 g/mol. The molecule has 0 saturated heterocycles. The Morgan fingerprint density at radius 3 is 2.67 bits per heavy atom. The number of carbonyl (C=O) groups is 1. The molecule has 0 aliphatic carbocycles. The number of nitrogens with zero attached hydrogens (tertiary/aromatic N) is 1. The van der Waals surface area contributed by atoms with E-state index in [0.29, 0.717) is 33.5 Å². The van der Waals surface area contributed by atoms with Crippen LogP contribution < -0.4 is 10.2 Å². The number of hydrogen-bond donors (Lipinski definition) is 2. The second-order valence-electron chi connectivity index (χ2n) is 4.83. The highest BCUT2D eigenvalue weighted by Gasteiger charge is 2.09. The molecule has 126 valence electrons. The molecule has 0 aliphatic rings. The van der Waals surface area contributed by atoms with E-state index >= 15 is 0 Å².